The third-order valence-electron chi connectivity index (χ3n) is 3.60. The van der Waals surface area contributed by atoms with Gasteiger partial charge in [-0.25, -0.2) is 4.79 Å². The highest BCUT2D eigenvalue weighted by Crippen LogP contribution is 2.31. The molecule has 0 spiro atoms. The van der Waals surface area contributed by atoms with Crippen molar-refractivity contribution in [3.8, 4) is 17.4 Å². The van der Waals surface area contributed by atoms with Gasteiger partial charge in [0, 0.05) is 12.1 Å². The first-order valence-electron chi connectivity index (χ1n) is 8.19. The van der Waals surface area contributed by atoms with Crippen molar-refractivity contribution in [2.45, 2.75) is 26.2 Å². The molecule has 0 amide bonds. The Labute approximate surface area is 150 Å². The molecule has 26 heavy (non-hydrogen) atoms. The van der Waals surface area contributed by atoms with E-state index in [-0.39, 0.29) is 29.4 Å². The maximum Gasteiger partial charge on any atom is 0.349 e. The average molecular weight is 354 g/mol. The SMILES string of the molecule is CCCCCOC(=O)C(C#N)=Cc1ccc(-c2ccccc2[N+](=O)[O-])o1. The summed E-state index contributed by atoms with van der Waals surface area (Å²) in [6, 6.07) is 11.0. The number of benzene rings is 1. The van der Waals surface area contributed by atoms with E-state index < -0.39 is 10.9 Å². The number of nitrogens with zero attached hydrogens (tertiary/aromatic N) is 2. The molecule has 0 bridgehead atoms. The number of unbranched alkanes of at least 4 members (excludes halogenated alkanes) is 2. The molecule has 0 aliphatic rings. The standard InChI is InChI=1S/C19H18N2O5/c1-2-3-6-11-25-19(22)14(13-20)12-15-9-10-18(26-15)16-7-4-5-8-17(16)21(23)24/h4-5,7-10,12H,2-3,6,11H2,1H3. The summed E-state index contributed by atoms with van der Waals surface area (Å²) in [7, 11) is 0. The normalized spacial score (nSPS) is 11.0. The summed E-state index contributed by atoms with van der Waals surface area (Å²) in [5.41, 5.74) is 0.0379. The number of nitriles is 1. The minimum Gasteiger partial charge on any atom is -0.462 e. The molecule has 0 atom stereocenters. The van der Waals surface area contributed by atoms with Gasteiger partial charge in [0.15, 0.2) is 0 Å². The highest BCUT2D eigenvalue weighted by molar-refractivity contribution is 5.97. The fourth-order valence-electron chi connectivity index (χ4n) is 2.29. The Morgan fingerprint density at radius 3 is 2.77 bits per heavy atom. The summed E-state index contributed by atoms with van der Waals surface area (Å²) in [5.74, 6) is -0.204. The van der Waals surface area contributed by atoms with Crippen molar-refractivity contribution < 1.29 is 18.9 Å². The summed E-state index contributed by atoms with van der Waals surface area (Å²) in [6.45, 7) is 2.29. The molecule has 0 aliphatic heterocycles. The third kappa shape index (κ3) is 4.80. The van der Waals surface area contributed by atoms with Crippen LogP contribution in [0.2, 0.25) is 0 Å². The summed E-state index contributed by atoms with van der Waals surface area (Å²) >= 11 is 0. The highest BCUT2D eigenvalue weighted by Gasteiger charge is 2.18. The predicted octanol–water partition coefficient (Wildman–Crippen LogP) is 4.50. The molecule has 1 aromatic heterocycles. The van der Waals surface area contributed by atoms with Crippen molar-refractivity contribution in [2.24, 2.45) is 0 Å². The lowest BCUT2D eigenvalue weighted by atomic mass is 10.1. The van der Waals surface area contributed by atoms with Crippen LogP contribution in [0.5, 0.6) is 0 Å². The lowest BCUT2D eigenvalue weighted by Gasteiger charge is -2.02. The van der Waals surface area contributed by atoms with Gasteiger partial charge in [0.1, 0.15) is 23.2 Å². The molecular formula is C19H18N2O5. The number of rotatable bonds is 8. The van der Waals surface area contributed by atoms with Gasteiger partial charge >= 0.3 is 5.97 Å². The number of carbonyl (C=O) groups is 1. The largest absolute Gasteiger partial charge is 0.462 e. The zero-order valence-corrected chi connectivity index (χ0v) is 14.3. The first kappa shape index (κ1) is 18.9. The van der Waals surface area contributed by atoms with E-state index in [1.165, 1.54) is 18.2 Å². The number of ether oxygens (including phenoxy) is 1. The minimum atomic E-state index is -0.716. The van der Waals surface area contributed by atoms with Crippen molar-refractivity contribution in [3.05, 3.63) is 57.8 Å². The van der Waals surface area contributed by atoms with Crippen LogP contribution in [0.3, 0.4) is 0 Å². The lowest BCUT2D eigenvalue weighted by Crippen LogP contribution is -2.07. The number of esters is 1. The molecule has 0 radical (unpaired) electrons. The van der Waals surface area contributed by atoms with Gasteiger partial charge < -0.3 is 9.15 Å². The third-order valence-corrected chi connectivity index (χ3v) is 3.60. The lowest BCUT2D eigenvalue weighted by molar-refractivity contribution is -0.384. The van der Waals surface area contributed by atoms with E-state index in [0.29, 0.717) is 5.56 Å². The molecule has 0 fully saturated rings. The molecule has 0 aliphatic carbocycles. The van der Waals surface area contributed by atoms with E-state index in [1.807, 2.05) is 6.92 Å². The Morgan fingerprint density at radius 2 is 2.08 bits per heavy atom. The fourth-order valence-corrected chi connectivity index (χ4v) is 2.29. The van der Waals surface area contributed by atoms with Crippen molar-refractivity contribution in [3.63, 3.8) is 0 Å². The van der Waals surface area contributed by atoms with Crippen molar-refractivity contribution in [2.75, 3.05) is 6.61 Å². The maximum atomic E-state index is 11.9. The van der Waals surface area contributed by atoms with Gasteiger partial charge in [-0.1, -0.05) is 31.9 Å². The summed E-state index contributed by atoms with van der Waals surface area (Å²) < 4.78 is 10.6. The molecule has 0 saturated heterocycles. The van der Waals surface area contributed by atoms with Crippen LogP contribution in [0, 0.1) is 21.4 Å². The minimum absolute atomic E-state index is 0.0896. The molecule has 134 valence electrons. The molecule has 2 rings (SSSR count). The van der Waals surface area contributed by atoms with Crippen molar-refractivity contribution >= 4 is 17.7 Å². The van der Waals surface area contributed by atoms with Crippen LogP contribution >= 0.6 is 0 Å². The quantitative estimate of drug-likeness (QED) is 0.173. The van der Waals surface area contributed by atoms with E-state index >= 15 is 0 Å². The van der Waals surface area contributed by atoms with Crippen LogP contribution in [0.25, 0.3) is 17.4 Å². The molecule has 1 heterocycles. The van der Waals surface area contributed by atoms with Gasteiger partial charge in [0.25, 0.3) is 5.69 Å². The zero-order chi connectivity index (χ0) is 18.9. The van der Waals surface area contributed by atoms with E-state index in [4.69, 9.17) is 14.4 Å². The van der Waals surface area contributed by atoms with E-state index in [9.17, 15) is 14.9 Å². The van der Waals surface area contributed by atoms with Crippen LogP contribution in [-0.4, -0.2) is 17.5 Å². The molecule has 7 nitrogen and oxygen atoms in total. The molecule has 1 aromatic carbocycles. The molecule has 0 N–H and O–H groups in total. The van der Waals surface area contributed by atoms with Gasteiger partial charge in [-0.3, -0.25) is 10.1 Å². The van der Waals surface area contributed by atoms with Gasteiger partial charge in [0.05, 0.1) is 17.1 Å². The van der Waals surface area contributed by atoms with Crippen LogP contribution in [0.4, 0.5) is 5.69 Å². The van der Waals surface area contributed by atoms with Gasteiger partial charge in [-0.15, -0.1) is 0 Å². The number of furan rings is 1. The predicted molar refractivity (Wildman–Crippen MR) is 94.9 cm³/mol. The summed E-state index contributed by atoms with van der Waals surface area (Å²) in [6.07, 6.45) is 3.94. The Balaban J connectivity index is 2.18. The number of nitro groups is 1. The number of para-hydroxylation sites is 1. The van der Waals surface area contributed by atoms with E-state index in [2.05, 4.69) is 0 Å². The van der Waals surface area contributed by atoms with Gasteiger partial charge in [0.2, 0.25) is 0 Å². The molecule has 0 unspecified atom stereocenters. The molecule has 0 saturated carbocycles. The fraction of sp³-hybridized carbons (Fsp3) is 0.263. The van der Waals surface area contributed by atoms with E-state index in [1.54, 1.807) is 30.3 Å². The van der Waals surface area contributed by atoms with E-state index in [0.717, 1.165) is 19.3 Å². The second-order valence-corrected chi connectivity index (χ2v) is 5.49. The smallest absolute Gasteiger partial charge is 0.349 e. The second-order valence-electron chi connectivity index (χ2n) is 5.49. The number of carbonyl (C=O) groups excluding carboxylic acids is 1. The maximum absolute atomic E-state index is 11.9. The molecule has 2 aromatic rings. The Kier molecular flexibility index (Phi) is 6.68. The highest BCUT2D eigenvalue weighted by atomic mass is 16.6. The van der Waals surface area contributed by atoms with Gasteiger partial charge in [-0.05, 0) is 24.6 Å². The summed E-state index contributed by atoms with van der Waals surface area (Å²) in [4.78, 5) is 22.5. The molecule has 7 heteroatoms. The topological polar surface area (TPSA) is 106 Å². The zero-order valence-electron chi connectivity index (χ0n) is 14.3. The Morgan fingerprint density at radius 1 is 1.31 bits per heavy atom. The van der Waals surface area contributed by atoms with Crippen LogP contribution in [0.1, 0.15) is 31.9 Å². The second kappa shape index (κ2) is 9.18. The van der Waals surface area contributed by atoms with Crippen LogP contribution < -0.4 is 0 Å². The first-order valence-corrected chi connectivity index (χ1v) is 8.19. The van der Waals surface area contributed by atoms with Crippen molar-refractivity contribution in [1.82, 2.24) is 0 Å². The van der Waals surface area contributed by atoms with Crippen LogP contribution in [0.15, 0.2) is 46.4 Å². The monoisotopic (exact) mass is 354 g/mol. The van der Waals surface area contributed by atoms with Gasteiger partial charge in [-0.2, -0.15) is 5.26 Å². The van der Waals surface area contributed by atoms with Crippen LogP contribution in [-0.2, 0) is 9.53 Å². The average Bonchev–Trinajstić information content (AvgIpc) is 3.11. The number of hydrogen-bond acceptors (Lipinski definition) is 6. The number of nitro benzene ring substituents is 1. The van der Waals surface area contributed by atoms with Crippen molar-refractivity contribution in [1.29, 1.82) is 5.26 Å². The number of hydrogen-bond donors (Lipinski definition) is 0. The summed E-state index contributed by atoms with van der Waals surface area (Å²) in [5, 5.41) is 20.3. The molecular weight excluding hydrogens is 336 g/mol. The Hall–Kier alpha value is -3.40. The Bertz CT molecular complexity index is 861. The first-order chi connectivity index (χ1) is 12.6.